The first-order chi connectivity index (χ1) is 8.63. The van der Waals surface area contributed by atoms with Crippen LogP contribution in [0.15, 0.2) is 12.1 Å². The number of carboxylic acids is 1. The predicted molar refractivity (Wildman–Crippen MR) is 76.7 cm³/mol. The number of aromatic nitrogens is 1. The van der Waals surface area contributed by atoms with Gasteiger partial charge in [-0.25, -0.2) is 9.78 Å². The summed E-state index contributed by atoms with van der Waals surface area (Å²) in [6.07, 6.45) is 5.61. The van der Waals surface area contributed by atoms with Crippen molar-refractivity contribution >= 4 is 23.5 Å². The predicted octanol–water partition coefficient (Wildman–Crippen LogP) is 3.03. The molecule has 1 aromatic rings. The Morgan fingerprint density at radius 3 is 2.83 bits per heavy atom. The van der Waals surface area contributed by atoms with E-state index in [1.54, 1.807) is 19.1 Å². The Morgan fingerprint density at radius 1 is 1.39 bits per heavy atom. The maximum atomic E-state index is 10.9. The van der Waals surface area contributed by atoms with E-state index in [-0.39, 0.29) is 5.56 Å². The lowest BCUT2D eigenvalue weighted by molar-refractivity contribution is 0.0696. The zero-order chi connectivity index (χ0) is 13.4. The smallest absolute Gasteiger partial charge is 0.335 e. The van der Waals surface area contributed by atoms with Gasteiger partial charge in [-0.3, -0.25) is 0 Å². The molecular formula is C13H20N2O2S. The molecule has 1 heterocycles. The first-order valence-corrected chi connectivity index (χ1v) is 7.47. The Labute approximate surface area is 112 Å². The minimum Gasteiger partial charge on any atom is -0.478 e. The fourth-order valence-corrected chi connectivity index (χ4v) is 2.14. The molecule has 0 aliphatic rings. The summed E-state index contributed by atoms with van der Waals surface area (Å²) in [6.45, 7) is 2.64. The first kappa shape index (κ1) is 14.8. The number of anilines is 1. The van der Waals surface area contributed by atoms with Crippen molar-refractivity contribution in [2.75, 3.05) is 23.9 Å². The Balaban J connectivity index is 2.40. The minimum atomic E-state index is -0.913. The third-order valence-corrected chi connectivity index (χ3v) is 3.23. The van der Waals surface area contributed by atoms with Crippen molar-refractivity contribution in [3.63, 3.8) is 0 Å². The fourth-order valence-electron chi connectivity index (χ4n) is 1.65. The Kier molecular flexibility index (Phi) is 6.57. The van der Waals surface area contributed by atoms with Crippen LogP contribution < -0.4 is 5.32 Å². The molecule has 0 unspecified atom stereocenters. The van der Waals surface area contributed by atoms with Gasteiger partial charge in [-0.2, -0.15) is 11.8 Å². The molecule has 0 aromatic carbocycles. The quantitative estimate of drug-likeness (QED) is 0.710. The number of pyridine rings is 1. The number of hydrogen-bond acceptors (Lipinski definition) is 4. The molecule has 0 saturated heterocycles. The largest absolute Gasteiger partial charge is 0.478 e. The number of nitrogens with one attached hydrogen (secondary N) is 1. The second-order valence-electron chi connectivity index (χ2n) is 4.17. The highest BCUT2D eigenvalue weighted by molar-refractivity contribution is 7.98. The molecule has 0 fully saturated rings. The topological polar surface area (TPSA) is 62.2 Å². The molecule has 4 nitrogen and oxygen atoms in total. The highest BCUT2D eigenvalue weighted by Gasteiger charge is 2.05. The fraction of sp³-hybridized carbons (Fsp3) is 0.538. The molecule has 5 heteroatoms. The van der Waals surface area contributed by atoms with E-state index in [1.165, 1.54) is 18.6 Å². The molecule has 0 saturated carbocycles. The molecule has 0 amide bonds. The second-order valence-corrected chi connectivity index (χ2v) is 5.15. The third kappa shape index (κ3) is 5.40. The Bertz CT molecular complexity index is 397. The van der Waals surface area contributed by atoms with Gasteiger partial charge in [0.2, 0.25) is 0 Å². The van der Waals surface area contributed by atoms with Gasteiger partial charge in [0.15, 0.2) is 0 Å². The zero-order valence-corrected chi connectivity index (χ0v) is 11.7. The summed E-state index contributed by atoms with van der Waals surface area (Å²) in [5, 5.41) is 12.1. The average Bonchev–Trinajstić information content (AvgIpc) is 2.33. The standard InChI is InChI=1S/C13H20N2O2S/c1-10-8-11(13(16)17)9-12(15-10)14-6-4-3-5-7-18-2/h8-9H,3-7H2,1-2H3,(H,14,15)(H,16,17). The number of rotatable bonds is 8. The van der Waals surface area contributed by atoms with Gasteiger partial charge in [-0.15, -0.1) is 0 Å². The van der Waals surface area contributed by atoms with Gasteiger partial charge in [0.05, 0.1) is 5.56 Å². The lowest BCUT2D eigenvalue weighted by Gasteiger charge is -2.07. The summed E-state index contributed by atoms with van der Waals surface area (Å²) in [4.78, 5) is 15.2. The average molecular weight is 268 g/mol. The van der Waals surface area contributed by atoms with E-state index < -0.39 is 5.97 Å². The summed E-state index contributed by atoms with van der Waals surface area (Å²) < 4.78 is 0. The highest BCUT2D eigenvalue weighted by Crippen LogP contribution is 2.11. The van der Waals surface area contributed by atoms with Gasteiger partial charge in [-0.05, 0) is 43.9 Å². The van der Waals surface area contributed by atoms with E-state index in [0.29, 0.717) is 5.82 Å². The molecule has 0 radical (unpaired) electrons. The molecule has 0 spiro atoms. The van der Waals surface area contributed by atoms with Gasteiger partial charge in [0.1, 0.15) is 5.82 Å². The minimum absolute atomic E-state index is 0.285. The van der Waals surface area contributed by atoms with Crippen molar-refractivity contribution in [2.45, 2.75) is 26.2 Å². The van der Waals surface area contributed by atoms with Crippen molar-refractivity contribution < 1.29 is 9.90 Å². The van der Waals surface area contributed by atoms with Gasteiger partial charge >= 0.3 is 5.97 Å². The number of unbranched alkanes of at least 4 members (excludes halogenated alkanes) is 2. The summed E-state index contributed by atoms with van der Waals surface area (Å²) in [7, 11) is 0. The summed E-state index contributed by atoms with van der Waals surface area (Å²) in [5.41, 5.74) is 1.01. The number of carbonyl (C=O) groups is 1. The van der Waals surface area contributed by atoms with Gasteiger partial charge < -0.3 is 10.4 Å². The number of hydrogen-bond donors (Lipinski definition) is 2. The number of aryl methyl sites for hydroxylation is 1. The van der Waals surface area contributed by atoms with E-state index in [4.69, 9.17) is 5.11 Å². The maximum Gasteiger partial charge on any atom is 0.335 e. The van der Waals surface area contributed by atoms with Crippen LogP contribution in [0.1, 0.15) is 35.3 Å². The Hall–Kier alpha value is -1.23. The van der Waals surface area contributed by atoms with Crippen molar-refractivity contribution in [1.29, 1.82) is 0 Å². The number of thioether (sulfide) groups is 1. The molecule has 0 bridgehead atoms. The van der Waals surface area contributed by atoms with Crippen LogP contribution in [0.25, 0.3) is 0 Å². The van der Waals surface area contributed by atoms with Crippen LogP contribution >= 0.6 is 11.8 Å². The monoisotopic (exact) mass is 268 g/mol. The van der Waals surface area contributed by atoms with Crippen molar-refractivity contribution in [3.8, 4) is 0 Å². The van der Waals surface area contributed by atoms with Crippen molar-refractivity contribution in [1.82, 2.24) is 4.98 Å². The zero-order valence-electron chi connectivity index (χ0n) is 10.9. The number of aromatic carboxylic acids is 1. The molecule has 0 atom stereocenters. The summed E-state index contributed by atoms with van der Waals surface area (Å²) in [6, 6.07) is 3.16. The van der Waals surface area contributed by atoms with Crippen molar-refractivity contribution in [2.24, 2.45) is 0 Å². The van der Waals surface area contributed by atoms with Crippen LogP contribution in [-0.2, 0) is 0 Å². The molecule has 0 aliphatic heterocycles. The van der Waals surface area contributed by atoms with Crippen LogP contribution in [0.4, 0.5) is 5.82 Å². The number of nitrogens with zero attached hydrogens (tertiary/aromatic N) is 1. The number of carboxylic acid groups (broad SMARTS) is 1. The van der Waals surface area contributed by atoms with Crippen LogP contribution in [-0.4, -0.2) is 34.6 Å². The molecule has 18 heavy (non-hydrogen) atoms. The Morgan fingerprint density at radius 2 is 2.17 bits per heavy atom. The first-order valence-electron chi connectivity index (χ1n) is 6.08. The normalized spacial score (nSPS) is 10.3. The molecule has 100 valence electrons. The van der Waals surface area contributed by atoms with E-state index in [1.807, 2.05) is 11.8 Å². The molecular weight excluding hydrogens is 248 g/mol. The molecule has 0 aliphatic carbocycles. The summed E-state index contributed by atoms with van der Waals surface area (Å²) in [5.74, 6) is 0.937. The van der Waals surface area contributed by atoms with Gasteiger partial charge in [-0.1, -0.05) is 6.42 Å². The van der Waals surface area contributed by atoms with Crippen LogP contribution in [0.5, 0.6) is 0 Å². The lowest BCUT2D eigenvalue weighted by Crippen LogP contribution is -2.06. The van der Waals surface area contributed by atoms with E-state index in [2.05, 4.69) is 16.6 Å². The van der Waals surface area contributed by atoms with E-state index in [0.717, 1.165) is 18.7 Å². The highest BCUT2D eigenvalue weighted by atomic mass is 32.2. The van der Waals surface area contributed by atoms with Gasteiger partial charge in [0.25, 0.3) is 0 Å². The summed E-state index contributed by atoms with van der Waals surface area (Å²) >= 11 is 1.87. The van der Waals surface area contributed by atoms with Crippen LogP contribution in [0.2, 0.25) is 0 Å². The molecule has 1 aromatic heterocycles. The SMILES string of the molecule is CSCCCCCNc1cc(C(=O)O)cc(C)n1. The van der Waals surface area contributed by atoms with E-state index in [9.17, 15) is 4.79 Å². The second kappa shape index (κ2) is 7.97. The van der Waals surface area contributed by atoms with Crippen LogP contribution in [0, 0.1) is 6.92 Å². The third-order valence-electron chi connectivity index (χ3n) is 2.53. The lowest BCUT2D eigenvalue weighted by atomic mass is 10.2. The molecule has 2 N–H and O–H groups in total. The van der Waals surface area contributed by atoms with Gasteiger partial charge in [0, 0.05) is 12.2 Å². The van der Waals surface area contributed by atoms with Crippen molar-refractivity contribution in [3.05, 3.63) is 23.4 Å². The van der Waals surface area contributed by atoms with Crippen LogP contribution in [0.3, 0.4) is 0 Å². The van der Waals surface area contributed by atoms with E-state index >= 15 is 0 Å². The maximum absolute atomic E-state index is 10.9. The molecule has 1 rings (SSSR count).